The fourth-order valence-corrected chi connectivity index (χ4v) is 1.77. The summed E-state index contributed by atoms with van der Waals surface area (Å²) in [6, 6.07) is 5.37. The van der Waals surface area contributed by atoms with Gasteiger partial charge in [0.25, 0.3) is 0 Å². The van der Waals surface area contributed by atoms with Gasteiger partial charge in [0, 0.05) is 23.1 Å². The molecule has 0 saturated heterocycles. The molecule has 5 heteroatoms. The molecule has 98 valence electrons. The second kappa shape index (κ2) is 7.80. The van der Waals surface area contributed by atoms with Gasteiger partial charge in [0.2, 0.25) is 0 Å². The predicted octanol–water partition coefficient (Wildman–Crippen LogP) is 2.91. The average Bonchev–Trinajstić information content (AvgIpc) is 2.39. The first kappa shape index (κ1) is 14.6. The molecular formula is C13H16ClNO3. The van der Waals surface area contributed by atoms with E-state index in [9.17, 15) is 5.11 Å². The van der Waals surface area contributed by atoms with Crippen LogP contribution in [-0.2, 0) is 6.61 Å². The Balaban J connectivity index is 2.70. The predicted molar refractivity (Wildman–Crippen MR) is 68.9 cm³/mol. The van der Waals surface area contributed by atoms with Crippen LogP contribution >= 0.6 is 11.6 Å². The molecule has 0 aliphatic heterocycles. The van der Waals surface area contributed by atoms with E-state index in [-0.39, 0.29) is 6.61 Å². The molecule has 1 rings (SSSR count). The summed E-state index contributed by atoms with van der Waals surface area (Å²) in [5.74, 6) is 1.02. The molecule has 4 nitrogen and oxygen atoms in total. The van der Waals surface area contributed by atoms with E-state index in [1.165, 1.54) is 7.11 Å². The van der Waals surface area contributed by atoms with E-state index in [1.54, 1.807) is 12.1 Å². The number of aliphatic hydroxyl groups excluding tert-OH is 1. The zero-order chi connectivity index (χ0) is 13.4. The van der Waals surface area contributed by atoms with Crippen molar-refractivity contribution in [3.63, 3.8) is 0 Å². The van der Waals surface area contributed by atoms with Gasteiger partial charge in [-0.3, -0.25) is 0 Å². The maximum absolute atomic E-state index is 9.27. The maximum Gasteiger partial charge on any atom is 0.166 e. The average molecular weight is 270 g/mol. The van der Waals surface area contributed by atoms with Gasteiger partial charge in [-0.1, -0.05) is 11.6 Å². The van der Waals surface area contributed by atoms with E-state index in [0.717, 1.165) is 12.8 Å². The van der Waals surface area contributed by atoms with Crippen LogP contribution in [0.25, 0.3) is 0 Å². The van der Waals surface area contributed by atoms with Crippen molar-refractivity contribution in [2.75, 3.05) is 13.7 Å². The fraction of sp³-hybridized carbons (Fsp3) is 0.462. The Morgan fingerprint density at radius 1 is 1.39 bits per heavy atom. The number of aliphatic hydroxyl groups is 1. The minimum absolute atomic E-state index is 0.162. The van der Waals surface area contributed by atoms with Crippen molar-refractivity contribution in [3.05, 3.63) is 22.7 Å². The summed E-state index contributed by atoms with van der Waals surface area (Å²) in [4.78, 5) is 0. The van der Waals surface area contributed by atoms with Crippen LogP contribution < -0.4 is 9.47 Å². The number of nitriles is 1. The summed E-state index contributed by atoms with van der Waals surface area (Å²) < 4.78 is 10.8. The van der Waals surface area contributed by atoms with Crippen molar-refractivity contribution in [1.82, 2.24) is 0 Å². The number of ether oxygens (including phenoxy) is 2. The summed E-state index contributed by atoms with van der Waals surface area (Å²) in [6.45, 7) is 0.317. The number of hydrogen-bond acceptors (Lipinski definition) is 4. The third-order valence-corrected chi connectivity index (χ3v) is 2.63. The van der Waals surface area contributed by atoms with Gasteiger partial charge in [0.15, 0.2) is 11.5 Å². The number of halogens is 1. The molecule has 1 aromatic rings. The molecule has 0 heterocycles. The topological polar surface area (TPSA) is 62.5 Å². The van der Waals surface area contributed by atoms with E-state index in [1.807, 2.05) is 0 Å². The maximum atomic E-state index is 9.27. The first-order valence-electron chi connectivity index (χ1n) is 5.70. The van der Waals surface area contributed by atoms with Crippen LogP contribution in [0.4, 0.5) is 0 Å². The van der Waals surface area contributed by atoms with E-state index in [2.05, 4.69) is 6.07 Å². The van der Waals surface area contributed by atoms with Gasteiger partial charge in [-0.25, -0.2) is 0 Å². The summed E-state index contributed by atoms with van der Waals surface area (Å²) in [5.41, 5.74) is 0.597. The van der Waals surface area contributed by atoms with Gasteiger partial charge in [-0.2, -0.15) is 5.26 Å². The first-order chi connectivity index (χ1) is 8.72. The molecule has 0 saturated carbocycles. The van der Waals surface area contributed by atoms with Crippen LogP contribution in [0.15, 0.2) is 12.1 Å². The smallest absolute Gasteiger partial charge is 0.166 e. The lowest BCUT2D eigenvalue weighted by Crippen LogP contribution is -2.02. The second-order valence-electron chi connectivity index (χ2n) is 3.72. The Morgan fingerprint density at radius 3 is 2.78 bits per heavy atom. The normalized spacial score (nSPS) is 9.89. The van der Waals surface area contributed by atoms with Crippen LogP contribution in [0.1, 0.15) is 24.8 Å². The third kappa shape index (κ3) is 4.10. The highest BCUT2D eigenvalue weighted by atomic mass is 35.5. The van der Waals surface area contributed by atoms with E-state index < -0.39 is 0 Å². The first-order valence-corrected chi connectivity index (χ1v) is 6.07. The molecule has 0 spiro atoms. The zero-order valence-corrected chi connectivity index (χ0v) is 11.0. The van der Waals surface area contributed by atoms with E-state index in [0.29, 0.717) is 35.1 Å². The lowest BCUT2D eigenvalue weighted by Gasteiger charge is -2.14. The van der Waals surface area contributed by atoms with Crippen LogP contribution in [0.3, 0.4) is 0 Å². The highest BCUT2D eigenvalue weighted by molar-refractivity contribution is 6.30. The quantitative estimate of drug-likeness (QED) is 0.773. The van der Waals surface area contributed by atoms with Crippen LogP contribution in [0.2, 0.25) is 5.02 Å². The Kier molecular flexibility index (Phi) is 6.34. The van der Waals surface area contributed by atoms with Gasteiger partial charge < -0.3 is 14.6 Å². The van der Waals surface area contributed by atoms with Gasteiger partial charge in [0.05, 0.1) is 26.4 Å². The number of hydrogen-bond donors (Lipinski definition) is 1. The van der Waals surface area contributed by atoms with Gasteiger partial charge in [-0.05, 0) is 18.9 Å². The molecule has 0 amide bonds. The molecular weight excluding hydrogens is 254 g/mol. The summed E-state index contributed by atoms with van der Waals surface area (Å²) >= 11 is 5.90. The number of methoxy groups -OCH3 is 1. The molecule has 0 fully saturated rings. The van der Waals surface area contributed by atoms with Crippen molar-refractivity contribution in [2.24, 2.45) is 0 Å². The molecule has 0 unspecified atom stereocenters. The molecule has 0 radical (unpaired) electrons. The van der Waals surface area contributed by atoms with Crippen molar-refractivity contribution in [2.45, 2.75) is 25.9 Å². The molecule has 0 atom stereocenters. The third-order valence-electron chi connectivity index (χ3n) is 2.42. The van der Waals surface area contributed by atoms with Gasteiger partial charge in [-0.15, -0.1) is 0 Å². The van der Waals surface area contributed by atoms with Gasteiger partial charge >= 0.3 is 0 Å². The highest BCUT2D eigenvalue weighted by Gasteiger charge is 2.12. The number of nitrogens with zero attached hydrogens (tertiary/aromatic N) is 1. The van der Waals surface area contributed by atoms with Crippen molar-refractivity contribution < 1.29 is 14.6 Å². The monoisotopic (exact) mass is 269 g/mol. The van der Waals surface area contributed by atoms with Crippen LogP contribution in [0, 0.1) is 11.3 Å². The Hall–Kier alpha value is -1.44. The fourth-order valence-electron chi connectivity index (χ4n) is 1.54. The lowest BCUT2D eigenvalue weighted by atomic mass is 10.2. The number of benzene rings is 1. The van der Waals surface area contributed by atoms with E-state index >= 15 is 0 Å². The molecule has 1 aromatic carbocycles. The molecule has 1 N–H and O–H groups in total. The van der Waals surface area contributed by atoms with E-state index in [4.69, 9.17) is 26.3 Å². The summed E-state index contributed by atoms with van der Waals surface area (Å²) in [6.07, 6.45) is 2.10. The summed E-state index contributed by atoms with van der Waals surface area (Å²) in [7, 11) is 1.52. The molecule has 18 heavy (non-hydrogen) atoms. The lowest BCUT2D eigenvalue weighted by molar-refractivity contribution is 0.252. The zero-order valence-electron chi connectivity index (χ0n) is 10.3. The minimum Gasteiger partial charge on any atom is -0.493 e. The Morgan fingerprint density at radius 2 is 2.17 bits per heavy atom. The van der Waals surface area contributed by atoms with Crippen molar-refractivity contribution in [1.29, 1.82) is 5.26 Å². The molecule has 0 aliphatic carbocycles. The molecule has 0 aliphatic rings. The minimum atomic E-state index is -0.162. The SMILES string of the molecule is COc1cc(Cl)cc(CO)c1OCCCCC#N. The standard InChI is InChI=1S/C13H16ClNO3/c1-17-12-8-11(14)7-10(9-16)13(12)18-6-4-2-3-5-15/h7-8,16H,2-4,6,9H2,1H3. The van der Waals surface area contributed by atoms with Crippen molar-refractivity contribution in [3.8, 4) is 17.6 Å². The van der Waals surface area contributed by atoms with Gasteiger partial charge in [0.1, 0.15) is 0 Å². The summed E-state index contributed by atoms with van der Waals surface area (Å²) in [5, 5.41) is 18.2. The molecule has 0 bridgehead atoms. The number of unbranched alkanes of at least 4 members (excludes halogenated alkanes) is 2. The Bertz CT molecular complexity index is 404. The second-order valence-corrected chi connectivity index (χ2v) is 4.15. The Labute approximate surface area is 112 Å². The largest absolute Gasteiger partial charge is 0.493 e. The number of rotatable bonds is 7. The van der Waals surface area contributed by atoms with Crippen molar-refractivity contribution >= 4 is 11.6 Å². The molecule has 0 aromatic heterocycles. The highest BCUT2D eigenvalue weighted by Crippen LogP contribution is 2.34. The van der Waals surface area contributed by atoms with Crippen LogP contribution in [-0.4, -0.2) is 18.8 Å². The van der Waals surface area contributed by atoms with Crippen LogP contribution in [0.5, 0.6) is 11.5 Å².